The van der Waals surface area contributed by atoms with Gasteiger partial charge in [-0.05, 0) is 25.5 Å². The van der Waals surface area contributed by atoms with E-state index in [0.29, 0.717) is 17.7 Å². The number of nitrogens with one attached hydrogen (secondary N) is 1. The van der Waals surface area contributed by atoms with Crippen LogP contribution >= 0.6 is 0 Å². The first-order valence-electron chi connectivity index (χ1n) is 5.57. The number of ether oxygens (including phenoxy) is 1. The van der Waals surface area contributed by atoms with Crippen molar-refractivity contribution < 1.29 is 14.3 Å². The van der Waals surface area contributed by atoms with Crippen molar-refractivity contribution in [2.45, 2.75) is 26.7 Å². The molecule has 4 nitrogen and oxygen atoms in total. The summed E-state index contributed by atoms with van der Waals surface area (Å²) in [6.07, 6.45) is 1.21. The number of hydrogen-bond donors (Lipinski definition) is 1. The molecule has 0 aliphatic rings. The summed E-state index contributed by atoms with van der Waals surface area (Å²) in [5.74, 6) is -0.540. The summed E-state index contributed by atoms with van der Waals surface area (Å²) < 4.78 is 4.68. The Kier molecular flexibility index (Phi) is 4.69. The second-order valence-corrected chi connectivity index (χ2v) is 3.84. The number of esters is 1. The lowest BCUT2D eigenvalue weighted by Crippen LogP contribution is -2.14. The monoisotopic (exact) mass is 235 g/mol. The number of carbonyl (C=O) groups excluding carboxylic acids is 2. The van der Waals surface area contributed by atoms with Crippen molar-refractivity contribution in [3.8, 4) is 0 Å². The standard InChI is InChI=1S/C13H17NO3/c1-4-5-12(15)14-11-7-6-9(2)8-10(11)13(16)17-3/h6-8H,4-5H2,1-3H3,(H,14,15). The lowest BCUT2D eigenvalue weighted by Gasteiger charge is -2.10. The molecule has 0 aliphatic carbocycles. The molecule has 17 heavy (non-hydrogen) atoms. The van der Waals surface area contributed by atoms with Crippen molar-refractivity contribution in [1.29, 1.82) is 0 Å². The molecular weight excluding hydrogens is 218 g/mol. The fraction of sp³-hybridized carbons (Fsp3) is 0.385. The molecular formula is C13H17NO3. The number of hydrogen-bond acceptors (Lipinski definition) is 3. The highest BCUT2D eigenvalue weighted by molar-refractivity contribution is 6.01. The van der Waals surface area contributed by atoms with Crippen LogP contribution in [0.25, 0.3) is 0 Å². The van der Waals surface area contributed by atoms with Gasteiger partial charge in [0.15, 0.2) is 0 Å². The van der Waals surface area contributed by atoms with Gasteiger partial charge in [0.05, 0.1) is 18.4 Å². The van der Waals surface area contributed by atoms with Crippen molar-refractivity contribution in [2.75, 3.05) is 12.4 Å². The zero-order valence-corrected chi connectivity index (χ0v) is 10.4. The van der Waals surface area contributed by atoms with Crippen LogP contribution in [-0.4, -0.2) is 19.0 Å². The number of benzene rings is 1. The molecule has 1 N–H and O–H groups in total. The smallest absolute Gasteiger partial charge is 0.339 e. The summed E-state index contributed by atoms with van der Waals surface area (Å²) in [4.78, 5) is 23.0. The SMILES string of the molecule is CCCC(=O)Nc1ccc(C)cc1C(=O)OC. The first-order chi connectivity index (χ1) is 8.08. The van der Waals surface area contributed by atoms with E-state index in [9.17, 15) is 9.59 Å². The lowest BCUT2D eigenvalue weighted by atomic mass is 10.1. The van der Waals surface area contributed by atoms with Crippen molar-refractivity contribution in [1.82, 2.24) is 0 Å². The van der Waals surface area contributed by atoms with Gasteiger partial charge >= 0.3 is 5.97 Å². The minimum atomic E-state index is -0.444. The molecule has 0 saturated carbocycles. The third kappa shape index (κ3) is 3.59. The Balaban J connectivity index is 2.98. The van der Waals surface area contributed by atoms with E-state index in [1.54, 1.807) is 12.1 Å². The molecule has 0 heterocycles. The van der Waals surface area contributed by atoms with Crippen LogP contribution < -0.4 is 5.32 Å². The predicted octanol–water partition coefficient (Wildman–Crippen LogP) is 2.52. The van der Waals surface area contributed by atoms with Crippen LogP contribution in [0.5, 0.6) is 0 Å². The zero-order chi connectivity index (χ0) is 12.8. The van der Waals surface area contributed by atoms with E-state index in [1.807, 2.05) is 19.9 Å². The molecule has 0 spiro atoms. The molecule has 0 fully saturated rings. The fourth-order valence-electron chi connectivity index (χ4n) is 1.49. The summed E-state index contributed by atoms with van der Waals surface area (Å²) in [5.41, 5.74) is 1.83. The molecule has 0 radical (unpaired) electrons. The summed E-state index contributed by atoms with van der Waals surface area (Å²) in [6.45, 7) is 3.81. The van der Waals surface area contributed by atoms with Crippen LogP contribution in [0, 0.1) is 6.92 Å². The quantitative estimate of drug-likeness (QED) is 0.816. The minimum Gasteiger partial charge on any atom is -0.465 e. The van der Waals surface area contributed by atoms with Crippen LogP contribution in [0.2, 0.25) is 0 Å². The van der Waals surface area contributed by atoms with Crippen molar-refractivity contribution in [2.24, 2.45) is 0 Å². The number of methoxy groups -OCH3 is 1. The molecule has 0 aliphatic heterocycles. The average Bonchev–Trinajstić information content (AvgIpc) is 2.30. The fourth-order valence-corrected chi connectivity index (χ4v) is 1.49. The van der Waals surface area contributed by atoms with E-state index in [-0.39, 0.29) is 5.91 Å². The van der Waals surface area contributed by atoms with Gasteiger partial charge in [-0.25, -0.2) is 4.79 Å². The second-order valence-electron chi connectivity index (χ2n) is 3.84. The minimum absolute atomic E-state index is 0.0958. The molecule has 1 aromatic rings. The molecule has 0 bridgehead atoms. The molecule has 0 aromatic heterocycles. The third-order valence-corrected chi connectivity index (χ3v) is 2.33. The molecule has 0 atom stereocenters. The van der Waals surface area contributed by atoms with Gasteiger partial charge in [0, 0.05) is 6.42 Å². The molecule has 4 heteroatoms. The largest absolute Gasteiger partial charge is 0.465 e. The number of rotatable bonds is 4. The van der Waals surface area contributed by atoms with Crippen LogP contribution in [0.4, 0.5) is 5.69 Å². The van der Waals surface area contributed by atoms with Gasteiger partial charge in [0.1, 0.15) is 0 Å². The van der Waals surface area contributed by atoms with Crippen LogP contribution in [-0.2, 0) is 9.53 Å². The van der Waals surface area contributed by atoms with Crippen LogP contribution in [0.3, 0.4) is 0 Å². The molecule has 1 amide bonds. The second kappa shape index (κ2) is 6.03. The molecule has 0 unspecified atom stereocenters. The number of anilines is 1. The van der Waals surface area contributed by atoms with E-state index < -0.39 is 5.97 Å². The van der Waals surface area contributed by atoms with Crippen molar-refractivity contribution in [3.63, 3.8) is 0 Å². The van der Waals surface area contributed by atoms with E-state index in [4.69, 9.17) is 0 Å². The summed E-state index contributed by atoms with van der Waals surface area (Å²) in [7, 11) is 1.32. The maximum Gasteiger partial charge on any atom is 0.339 e. The maximum absolute atomic E-state index is 11.6. The van der Waals surface area contributed by atoms with E-state index in [2.05, 4.69) is 10.1 Å². The molecule has 1 rings (SSSR count). The highest BCUT2D eigenvalue weighted by atomic mass is 16.5. The van der Waals surface area contributed by atoms with Crippen LogP contribution in [0.15, 0.2) is 18.2 Å². The lowest BCUT2D eigenvalue weighted by molar-refractivity contribution is -0.116. The summed E-state index contributed by atoms with van der Waals surface area (Å²) in [6, 6.07) is 5.26. The third-order valence-electron chi connectivity index (χ3n) is 2.33. The van der Waals surface area contributed by atoms with Gasteiger partial charge in [0.2, 0.25) is 5.91 Å². The Morgan fingerprint density at radius 2 is 2.06 bits per heavy atom. The molecule has 1 aromatic carbocycles. The van der Waals surface area contributed by atoms with Crippen LogP contribution in [0.1, 0.15) is 35.7 Å². The highest BCUT2D eigenvalue weighted by Gasteiger charge is 2.13. The van der Waals surface area contributed by atoms with Gasteiger partial charge in [-0.3, -0.25) is 4.79 Å². The summed E-state index contributed by atoms with van der Waals surface area (Å²) >= 11 is 0. The topological polar surface area (TPSA) is 55.4 Å². The zero-order valence-electron chi connectivity index (χ0n) is 10.4. The van der Waals surface area contributed by atoms with Crippen molar-refractivity contribution in [3.05, 3.63) is 29.3 Å². The van der Waals surface area contributed by atoms with Gasteiger partial charge in [-0.1, -0.05) is 18.6 Å². The number of amides is 1. The highest BCUT2D eigenvalue weighted by Crippen LogP contribution is 2.18. The maximum atomic E-state index is 11.6. The van der Waals surface area contributed by atoms with Gasteiger partial charge in [0.25, 0.3) is 0 Å². The Hall–Kier alpha value is -1.84. The Bertz CT molecular complexity index is 427. The average molecular weight is 235 g/mol. The van der Waals surface area contributed by atoms with Gasteiger partial charge in [-0.2, -0.15) is 0 Å². The van der Waals surface area contributed by atoms with Gasteiger partial charge < -0.3 is 10.1 Å². The number of carbonyl (C=O) groups is 2. The van der Waals surface area contributed by atoms with Crippen molar-refractivity contribution >= 4 is 17.6 Å². The number of aryl methyl sites for hydroxylation is 1. The Morgan fingerprint density at radius 3 is 2.65 bits per heavy atom. The predicted molar refractivity (Wildman–Crippen MR) is 66.1 cm³/mol. The molecule has 92 valence electrons. The summed E-state index contributed by atoms with van der Waals surface area (Å²) in [5, 5.41) is 2.71. The Labute approximate surface area is 101 Å². The normalized spacial score (nSPS) is 9.82. The Morgan fingerprint density at radius 1 is 1.35 bits per heavy atom. The first kappa shape index (κ1) is 13.2. The van der Waals surface area contributed by atoms with Gasteiger partial charge in [-0.15, -0.1) is 0 Å². The first-order valence-corrected chi connectivity index (χ1v) is 5.57. The van der Waals surface area contributed by atoms with E-state index in [0.717, 1.165) is 12.0 Å². The van der Waals surface area contributed by atoms with E-state index in [1.165, 1.54) is 7.11 Å². The van der Waals surface area contributed by atoms with E-state index >= 15 is 0 Å². The molecule has 0 saturated heterocycles.